The van der Waals surface area contributed by atoms with Crippen molar-refractivity contribution in [3.63, 3.8) is 0 Å². The molecular weight excluding hydrogens is 368 g/mol. The summed E-state index contributed by atoms with van der Waals surface area (Å²) in [7, 11) is 0. The highest BCUT2D eigenvalue weighted by Crippen LogP contribution is 2.40. The summed E-state index contributed by atoms with van der Waals surface area (Å²) in [5.41, 5.74) is 3.88. The van der Waals surface area contributed by atoms with E-state index < -0.39 is 0 Å². The third-order valence-electron chi connectivity index (χ3n) is 4.33. The molecule has 2 aromatic carbocycles. The van der Waals surface area contributed by atoms with E-state index in [1.807, 2.05) is 61.5 Å². The summed E-state index contributed by atoms with van der Waals surface area (Å²) in [6, 6.07) is 22.1. The van der Waals surface area contributed by atoms with Crippen molar-refractivity contribution in [2.45, 2.75) is 24.1 Å². The molecule has 0 aliphatic heterocycles. The van der Waals surface area contributed by atoms with Crippen molar-refractivity contribution in [2.75, 3.05) is 5.32 Å². The van der Waals surface area contributed by atoms with Gasteiger partial charge < -0.3 is 9.84 Å². The van der Waals surface area contributed by atoms with Crippen molar-refractivity contribution < 1.29 is 4.52 Å². The van der Waals surface area contributed by atoms with Crippen molar-refractivity contribution in [2.24, 2.45) is 0 Å². The number of para-hydroxylation sites is 1. The molecule has 28 heavy (non-hydrogen) atoms. The molecule has 0 aliphatic rings. The molecule has 0 spiro atoms. The van der Waals surface area contributed by atoms with Gasteiger partial charge in [0, 0.05) is 17.1 Å². The van der Waals surface area contributed by atoms with Gasteiger partial charge >= 0.3 is 0 Å². The molecule has 4 aromatic rings. The van der Waals surface area contributed by atoms with Crippen molar-refractivity contribution in [3.8, 4) is 11.3 Å². The largest absolute Gasteiger partial charge is 0.360 e. The van der Waals surface area contributed by atoms with Crippen molar-refractivity contribution in [1.29, 1.82) is 0 Å². The minimum absolute atomic E-state index is 0.244. The number of nitrogens with zero attached hydrogens (tertiary/aromatic N) is 3. The van der Waals surface area contributed by atoms with E-state index in [2.05, 4.69) is 39.5 Å². The van der Waals surface area contributed by atoms with Gasteiger partial charge in [0.05, 0.1) is 11.3 Å². The fraction of sp³-hybridized carbons (Fsp3) is 0.136. The fourth-order valence-electron chi connectivity index (χ4n) is 2.89. The Bertz CT molecular complexity index is 1050. The minimum Gasteiger partial charge on any atom is -0.360 e. The first-order chi connectivity index (χ1) is 13.7. The molecule has 4 rings (SSSR count). The lowest BCUT2D eigenvalue weighted by molar-refractivity contribution is 0.383. The Morgan fingerprint density at radius 1 is 0.964 bits per heavy atom. The van der Waals surface area contributed by atoms with Crippen molar-refractivity contribution in [3.05, 3.63) is 84.3 Å². The smallest absolute Gasteiger partial charge is 0.227 e. The van der Waals surface area contributed by atoms with Crippen LogP contribution in [0.2, 0.25) is 0 Å². The molecule has 1 atom stereocenters. The van der Waals surface area contributed by atoms with Gasteiger partial charge in [-0.1, -0.05) is 65.4 Å². The predicted molar refractivity (Wildman–Crippen MR) is 113 cm³/mol. The first kappa shape index (κ1) is 18.3. The molecule has 5 nitrogen and oxygen atoms in total. The van der Waals surface area contributed by atoms with Gasteiger partial charge in [0.2, 0.25) is 5.95 Å². The molecule has 2 heterocycles. The maximum Gasteiger partial charge on any atom is 0.227 e. The van der Waals surface area contributed by atoms with Gasteiger partial charge in [-0.05, 0) is 37.6 Å². The van der Waals surface area contributed by atoms with Gasteiger partial charge in [-0.3, -0.25) is 0 Å². The second-order valence-electron chi connectivity index (χ2n) is 6.35. The van der Waals surface area contributed by atoms with Crippen LogP contribution in [0.1, 0.15) is 23.5 Å². The number of aromatic nitrogens is 3. The molecule has 1 unspecified atom stereocenters. The molecule has 6 heteroatoms. The van der Waals surface area contributed by atoms with Gasteiger partial charge in [-0.15, -0.1) is 0 Å². The summed E-state index contributed by atoms with van der Waals surface area (Å²) in [5, 5.41) is 8.59. The van der Waals surface area contributed by atoms with E-state index in [-0.39, 0.29) is 5.25 Å². The van der Waals surface area contributed by atoms with Crippen LogP contribution in [0.3, 0.4) is 0 Å². The third kappa shape index (κ3) is 4.07. The molecule has 0 aliphatic carbocycles. The van der Waals surface area contributed by atoms with E-state index in [9.17, 15) is 0 Å². The number of nitrogens with one attached hydrogen (secondary N) is 1. The van der Waals surface area contributed by atoms with E-state index >= 15 is 0 Å². The van der Waals surface area contributed by atoms with Gasteiger partial charge in [-0.2, -0.15) is 0 Å². The van der Waals surface area contributed by atoms with Crippen LogP contribution in [-0.4, -0.2) is 15.1 Å². The standard InChI is InChI=1S/C22H20N4OS/c1-15-20(21(26-27-15)28-16(2)17-9-5-3-6-10-17)19-13-14-23-22(25-19)24-18-11-7-4-8-12-18/h3-14,16H,1-2H3,(H,23,24,25). The quantitative estimate of drug-likeness (QED) is 0.406. The first-order valence-electron chi connectivity index (χ1n) is 9.04. The van der Waals surface area contributed by atoms with E-state index in [4.69, 9.17) is 4.52 Å². The van der Waals surface area contributed by atoms with Crippen LogP contribution in [0, 0.1) is 6.92 Å². The molecule has 0 saturated heterocycles. The minimum atomic E-state index is 0.244. The van der Waals surface area contributed by atoms with Gasteiger partial charge in [0.1, 0.15) is 10.8 Å². The lowest BCUT2D eigenvalue weighted by atomic mass is 10.2. The molecule has 0 bridgehead atoms. The van der Waals surface area contributed by atoms with E-state index in [1.54, 1.807) is 18.0 Å². The summed E-state index contributed by atoms with van der Waals surface area (Å²) in [4.78, 5) is 9.01. The highest BCUT2D eigenvalue weighted by molar-refractivity contribution is 7.99. The van der Waals surface area contributed by atoms with Crippen LogP contribution >= 0.6 is 11.8 Å². The number of hydrogen-bond acceptors (Lipinski definition) is 6. The van der Waals surface area contributed by atoms with Crippen molar-refractivity contribution in [1.82, 2.24) is 15.1 Å². The summed E-state index contributed by atoms with van der Waals surface area (Å²) in [5.74, 6) is 1.28. The van der Waals surface area contributed by atoms with Gasteiger partial charge in [0.25, 0.3) is 0 Å². The van der Waals surface area contributed by atoms with Crippen LogP contribution in [0.15, 0.2) is 82.5 Å². The average Bonchev–Trinajstić information content (AvgIpc) is 3.09. The summed E-state index contributed by atoms with van der Waals surface area (Å²) in [6.07, 6.45) is 1.75. The maximum atomic E-state index is 5.49. The Labute approximate surface area is 168 Å². The molecule has 2 aromatic heterocycles. The van der Waals surface area contributed by atoms with E-state index in [1.165, 1.54) is 5.56 Å². The van der Waals surface area contributed by atoms with Gasteiger partial charge in [-0.25, -0.2) is 9.97 Å². The van der Waals surface area contributed by atoms with E-state index in [0.29, 0.717) is 5.95 Å². The highest BCUT2D eigenvalue weighted by atomic mass is 32.2. The Kier molecular flexibility index (Phi) is 5.39. The Hall–Kier alpha value is -3.12. The predicted octanol–water partition coefficient (Wildman–Crippen LogP) is 6.04. The summed E-state index contributed by atoms with van der Waals surface area (Å²) < 4.78 is 5.49. The number of rotatable bonds is 6. The maximum absolute atomic E-state index is 5.49. The second kappa shape index (κ2) is 8.27. The zero-order valence-corrected chi connectivity index (χ0v) is 16.5. The molecule has 140 valence electrons. The summed E-state index contributed by atoms with van der Waals surface area (Å²) >= 11 is 1.66. The SMILES string of the molecule is Cc1onc(SC(C)c2ccccc2)c1-c1ccnc(Nc2ccccc2)n1. The zero-order valence-electron chi connectivity index (χ0n) is 15.7. The molecule has 1 N–H and O–H groups in total. The average molecular weight is 388 g/mol. The van der Waals surface area contributed by atoms with Crippen LogP contribution in [0.5, 0.6) is 0 Å². The molecule has 0 saturated carbocycles. The Balaban J connectivity index is 1.61. The van der Waals surface area contributed by atoms with Crippen LogP contribution < -0.4 is 5.32 Å². The lowest BCUT2D eigenvalue weighted by Crippen LogP contribution is -1.98. The fourth-order valence-corrected chi connectivity index (χ4v) is 3.96. The van der Waals surface area contributed by atoms with Crippen molar-refractivity contribution >= 4 is 23.4 Å². The number of anilines is 2. The molecule has 0 radical (unpaired) electrons. The highest BCUT2D eigenvalue weighted by Gasteiger charge is 2.20. The molecule has 0 fully saturated rings. The number of hydrogen-bond donors (Lipinski definition) is 1. The number of benzene rings is 2. The Morgan fingerprint density at radius 3 is 2.43 bits per heavy atom. The molecule has 0 amide bonds. The van der Waals surface area contributed by atoms with E-state index in [0.717, 1.165) is 27.7 Å². The topological polar surface area (TPSA) is 63.8 Å². The second-order valence-corrected chi connectivity index (χ2v) is 7.68. The van der Waals surface area contributed by atoms with Crippen LogP contribution in [0.4, 0.5) is 11.6 Å². The lowest BCUT2D eigenvalue weighted by Gasteiger charge is -2.11. The monoisotopic (exact) mass is 388 g/mol. The van der Waals surface area contributed by atoms with Gasteiger partial charge in [0.15, 0.2) is 0 Å². The number of thioether (sulfide) groups is 1. The number of aryl methyl sites for hydroxylation is 1. The van der Waals surface area contributed by atoms with Crippen LogP contribution in [0.25, 0.3) is 11.3 Å². The normalized spacial score (nSPS) is 11.9. The first-order valence-corrected chi connectivity index (χ1v) is 9.92. The van der Waals surface area contributed by atoms with Crippen LogP contribution in [-0.2, 0) is 0 Å². The third-order valence-corrected chi connectivity index (χ3v) is 5.46. The zero-order chi connectivity index (χ0) is 19.3. The Morgan fingerprint density at radius 2 is 1.68 bits per heavy atom. The molecular formula is C22H20N4OS. The summed E-state index contributed by atoms with van der Waals surface area (Å²) in [6.45, 7) is 4.07.